The van der Waals surface area contributed by atoms with Gasteiger partial charge in [-0.3, -0.25) is 9.59 Å². The number of aryl methyl sites for hydroxylation is 1. The average Bonchev–Trinajstić information content (AvgIpc) is 3.10. The standard InChI is InChI=1S/C24H29FN2O3/c1-17-4-6-18(7-5-17)16-27(2)23(29)11-13-24(12-10-22(28)26-24)15-19-14-20(30-3)8-9-21(19)25/h4-9,14H,10-13,15-16H2,1-3H3,(H,26,28)/t24-/m1/s1. The summed E-state index contributed by atoms with van der Waals surface area (Å²) in [6.45, 7) is 2.56. The van der Waals surface area contributed by atoms with Crippen LogP contribution in [0, 0.1) is 12.7 Å². The van der Waals surface area contributed by atoms with Crippen molar-refractivity contribution in [3.63, 3.8) is 0 Å². The summed E-state index contributed by atoms with van der Waals surface area (Å²) in [5, 5.41) is 3.01. The second-order valence-electron chi connectivity index (χ2n) is 8.20. The van der Waals surface area contributed by atoms with E-state index in [4.69, 9.17) is 4.74 Å². The SMILES string of the molecule is COc1ccc(F)c(C[C@]2(CCC(=O)N(C)Cc3ccc(C)cc3)CCC(=O)N2)c1. The fraction of sp³-hybridized carbons (Fsp3) is 0.417. The van der Waals surface area contributed by atoms with E-state index in [2.05, 4.69) is 5.32 Å². The first-order valence-corrected chi connectivity index (χ1v) is 10.2. The van der Waals surface area contributed by atoms with Gasteiger partial charge in [-0.1, -0.05) is 29.8 Å². The van der Waals surface area contributed by atoms with Crippen molar-refractivity contribution in [2.24, 2.45) is 0 Å². The molecule has 1 aliphatic heterocycles. The summed E-state index contributed by atoms with van der Waals surface area (Å²) >= 11 is 0. The van der Waals surface area contributed by atoms with E-state index in [1.54, 1.807) is 24.1 Å². The number of rotatable bonds is 8. The molecule has 0 aromatic heterocycles. The van der Waals surface area contributed by atoms with E-state index in [-0.39, 0.29) is 24.1 Å². The first kappa shape index (κ1) is 21.8. The molecule has 160 valence electrons. The number of carbonyl (C=O) groups excluding carboxylic acids is 2. The van der Waals surface area contributed by atoms with Crippen LogP contribution in [-0.4, -0.2) is 36.4 Å². The van der Waals surface area contributed by atoms with Crippen molar-refractivity contribution in [2.75, 3.05) is 14.2 Å². The highest BCUT2D eigenvalue weighted by Gasteiger charge is 2.38. The van der Waals surface area contributed by atoms with Crippen LogP contribution in [0.3, 0.4) is 0 Å². The topological polar surface area (TPSA) is 58.6 Å². The number of methoxy groups -OCH3 is 1. The lowest BCUT2D eigenvalue weighted by Crippen LogP contribution is -2.44. The quantitative estimate of drug-likeness (QED) is 0.718. The Labute approximate surface area is 177 Å². The van der Waals surface area contributed by atoms with E-state index in [0.29, 0.717) is 43.5 Å². The maximum atomic E-state index is 14.4. The fourth-order valence-corrected chi connectivity index (χ4v) is 3.95. The second-order valence-corrected chi connectivity index (χ2v) is 8.20. The molecule has 1 atom stereocenters. The van der Waals surface area contributed by atoms with E-state index in [1.165, 1.54) is 18.7 Å². The van der Waals surface area contributed by atoms with Crippen LogP contribution in [0.5, 0.6) is 5.75 Å². The molecule has 1 fully saturated rings. The Morgan fingerprint density at radius 1 is 1.23 bits per heavy atom. The Bertz CT molecular complexity index is 913. The minimum Gasteiger partial charge on any atom is -0.497 e. The van der Waals surface area contributed by atoms with Gasteiger partial charge in [-0.2, -0.15) is 0 Å². The summed E-state index contributed by atoms with van der Waals surface area (Å²) in [5.74, 6) is 0.180. The van der Waals surface area contributed by atoms with Crippen LogP contribution >= 0.6 is 0 Å². The monoisotopic (exact) mass is 412 g/mol. The summed E-state index contributed by atoms with van der Waals surface area (Å²) in [6.07, 6.45) is 2.05. The molecule has 2 amide bonds. The van der Waals surface area contributed by atoms with Gasteiger partial charge in [-0.15, -0.1) is 0 Å². The Hall–Kier alpha value is -2.89. The van der Waals surface area contributed by atoms with Gasteiger partial charge in [-0.05, 0) is 55.5 Å². The molecule has 1 saturated heterocycles. The number of hydrogen-bond acceptors (Lipinski definition) is 3. The molecule has 0 bridgehead atoms. The van der Waals surface area contributed by atoms with E-state index < -0.39 is 5.54 Å². The molecule has 0 aliphatic carbocycles. The highest BCUT2D eigenvalue weighted by molar-refractivity contribution is 5.80. The number of nitrogens with one attached hydrogen (secondary N) is 1. The Balaban J connectivity index is 1.67. The van der Waals surface area contributed by atoms with Crippen molar-refractivity contribution in [3.8, 4) is 5.75 Å². The molecule has 0 radical (unpaired) electrons. The van der Waals surface area contributed by atoms with Gasteiger partial charge in [0, 0.05) is 32.0 Å². The minimum absolute atomic E-state index is 0.00205. The minimum atomic E-state index is -0.620. The Morgan fingerprint density at radius 3 is 2.60 bits per heavy atom. The molecular formula is C24H29FN2O3. The van der Waals surface area contributed by atoms with Gasteiger partial charge >= 0.3 is 0 Å². The summed E-state index contributed by atoms with van der Waals surface area (Å²) < 4.78 is 19.6. The average molecular weight is 413 g/mol. The third-order valence-electron chi connectivity index (χ3n) is 5.80. The van der Waals surface area contributed by atoms with Crippen LogP contribution in [0.1, 0.15) is 42.4 Å². The largest absolute Gasteiger partial charge is 0.497 e. The smallest absolute Gasteiger partial charge is 0.222 e. The number of nitrogens with zero attached hydrogens (tertiary/aromatic N) is 1. The molecule has 2 aromatic rings. The Kier molecular flexibility index (Phi) is 6.75. The van der Waals surface area contributed by atoms with E-state index in [0.717, 1.165) is 5.56 Å². The maximum absolute atomic E-state index is 14.4. The normalized spacial score (nSPS) is 18.2. The van der Waals surface area contributed by atoms with Crippen LogP contribution < -0.4 is 10.1 Å². The van der Waals surface area contributed by atoms with E-state index >= 15 is 0 Å². The maximum Gasteiger partial charge on any atom is 0.222 e. The summed E-state index contributed by atoms with van der Waals surface area (Å²) in [7, 11) is 3.32. The number of carbonyl (C=O) groups is 2. The first-order chi connectivity index (χ1) is 14.3. The summed E-state index contributed by atoms with van der Waals surface area (Å²) in [5.41, 5.74) is 2.11. The number of hydrogen-bond donors (Lipinski definition) is 1. The highest BCUT2D eigenvalue weighted by atomic mass is 19.1. The number of amides is 2. The van der Waals surface area contributed by atoms with Gasteiger partial charge in [0.2, 0.25) is 11.8 Å². The molecule has 0 unspecified atom stereocenters. The molecule has 3 rings (SSSR count). The van der Waals surface area contributed by atoms with Crippen molar-refractivity contribution in [1.82, 2.24) is 10.2 Å². The molecule has 1 heterocycles. The fourth-order valence-electron chi connectivity index (χ4n) is 3.95. The molecule has 0 saturated carbocycles. The molecule has 1 aliphatic rings. The van der Waals surface area contributed by atoms with E-state index in [9.17, 15) is 14.0 Å². The van der Waals surface area contributed by atoms with Gasteiger partial charge in [0.15, 0.2) is 0 Å². The predicted octanol–water partition coefficient (Wildman–Crippen LogP) is 3.77. The first-order valence-electron chi connectivity index (χ1n) is 10.2. The van der Waals surface area contributed by atoms with Crippen molar-refractivity contribution in [2.45, 2.75) is 51.1 Å². The molecular weight excluding hydrogens is 383 g/mol. The zero-order chi connectivity index (χ0) is 21.7. The summed E-state index contributed by atoms with van der Waals surface area (Å²) in [4.78, 5) is 26.4. The van der Waals surface area contributed by atoms with Crippen LogP contribution in [-0.2, 0) is 22.6 Å². The van der Waals surface area contributed by atoms with Gasteiger partial charge in [0.05, 0.1) is 7.11 Å². The van der Waals surface area contributed by atoms with Crippen LogP contribution in [0.2, 0.25) is 0 Å². The lowest BCUT2D eigenvalue weighted by molar-refractivity contribution is -0.131. The van der Waals surface area contributed by atoms with Crippen LogP contribution in [0.15, 0.2) is 42.5 Å². The highest BCUT2D eigenvalue weighted by Crippen LogP contribution is 2.32. The van der Waals surface area contributed by atoms with Gasteiger partial charge in [-0.25, -0.2) is 4.39 Å². The predicted molar refractivity (Wildman–Crippen MR) is 114 cm³/mol. The molecule has 0 spiro atoms. The molecule has 5 nitrogen and oxygen atoms in total. The van der Waals surface area contributed by atoms with Gasteiger partial charge in [0.1, 0.15) is 11.6 Å². The lowest BCUT2D eigenvalue weighted by atomic mass is 9.84. The van der Waals surface area contributed by atoms with Crippen molar-refractivity contribution in [1.29, 1.82) is 0 Å². The van der Waals surface area contributed by atoms with Gasteiger partial charge in [0.25, 0.3) is 0 Å². The molecule has 2 aromatic carbocycles. The van der Waals surface area contributed by atoms with Gasteiger partial charge < -0.3 is 15.0 Å². The van der Waals surface area contributed by atoms with E-state index in [1.807, 2.05) is 31.2 Å². The number of ether oxygens (including phenoxy) is 1. The number of benzene rings is 2. The van der Waals surface area contributed by atoms with Crippen molar-refractivity contribution in [3.05, 3.63) is 65.0 Å². The molecule has 6 heteroatoms. The third-order valence-corrected chi connectivity index (χ3v) is 5.80. The van der Waals surface area contributed by atoms with Crippen molar-refractivity contribution < 1.29 is 18.7 Å². The number of halogens is 1. The third kappa shape index (κ3) is 5.38. The van der Waals surface area contributed by atoms with Crippen LogP contribution in [0.4, 0.5) is 4.39 Å². The lowest BCUT2D eigenvalue weighted by Gasteiger charge is -2.30. The zero-order valence-electron chi connectivity index (χ0n) is 17.8. The molecule has 30 heavy (non-hydrogen) atoms. The molecule has 1 N–H and O–H groups in total. The van der Waals surface area contributed by atoms with Crippen LogP contribution in [0.25, 0.3) is 0 Å². The zero-order valence-corrected chi connectivity index (χ0v) is 17.8. The second kappa shape index (κ2) is 9.28. The van der Waals surface area contributed by atoms with Crippen molar-refractivity contribution >= 4 is 11.8 Å². The Morgan fingerprint density at radius 2 is 1.97 bits per heavy atom. The summed E-state index contributed by atoms with van der Waals surface area (Å²) in [6, 6.07) is 12.7.